The molecule has 2 heterocycles. The molecule has 0 bridgehead atoms. The largest absolute Gasteiger partial charge is 0.466 e. The summed E-state index contributed by atoms with van der Waals surface area (Å²) in [7, 11) is 0. The summed E-state index contributed by atoms with van der Waals surface area (Å²) in [6.07, 6.45) is 3.85. The monoisotopic (exact) mass is 248 g/mol. The average Bonchev–Trinajstić information content (AvgIpc) is 2.91. The molecule has 0 aliphatic carbocycles. The molecule has 3 N–H and O–H groups in total. The molecule has 2 rings (SSSR count). The second kappa shape index (κ2) is 4.96. The van der Waals surface area contributed by atoms with Crippen molar-refractivity contribution < 1.29 is 4.42 Å². The fraction of sp³-hybridized carbons (Fsp3) is 0.462. The number of nitrogens with zero attached hydrogens (tertiary/aromatic N) is 2. The zero-order chi connectivity index (χ0) is 13.3. The number of aromatic nitrogens is 2. The van der Waals surface area contributed by atoms with Gasteiger partial charge >= 0.3 is 0 Å². The molecule has 0 fully saturated rings. The Bertz CT molecular complexity index is 541. The van der Waals surface area contributed by atoms with E-state index in [1.807, 2.05) is 30.9 Å². The molecule has 0 amide bonds. The third kappa shape index (κ3) is 2.07. The SMILES string of the molecule is CCn1cc(C(NN)c2c(C)oc(C)c2C)cn1. The third-order valence-corrected chi connectivity index (χ3v) is 3.38. The van der Waals surface area contributed by atoms with E-state index in [0.717, 1.165) is 34.8 Å². The minimum absolute atomic E-state index is 0.0808. The summed E-state index contributed by atoms with van der Waals surface area (Å²) in [5.41, 5.74) is 6.14. The lowest BCUT2D eigenvalue weighted by atomic mass is 9.98. The van der Waals surface area contributed by atoms with E-state index in [-0.39, 0.29) is 6.04 Å². The topological polar surface area (TPSA) is 69.0 Å². The maximum Gasteiger partial charge on any atom is 0.106 e. The van der Waals surface area contributed by atoms with E-state index in [1.165, 1.54) is 0 Å². The molecular weight excluding hydrogens is 228 g/mol. The molecule has 2 aromatic heterocycles. The van der Waals surface area contributed by atoms with Crippen LogP contribution in [0.3, 0.4) is 0 Å². The summed E-state index contributed by atoms with van der Waals surface area (Å²) >= 11 is 0. The van der Waals surface area contributed by atoms with Crippen LogP contribution in [-0.2, 0) is 6.54 Å². The van der Waals surface area contributed by atoms with Gasteiger partial charge in [-0.2, -0.15) is 5.10 Å². The minimum atomic E-state index is -0.0808. The standard InChI is InChI=1S/C13H20N4O/c1-5-17-7-11(6-15-17)13(16-14)12-8(2)9(3)18-10(12)4/h6-7,13,16H,5,14H2,1-4H3. The van der Waals surface area contributed by atoms with Gasteiger partial charge in [-0.15, -0.1) is 0 Å². The molecule has 0 aliphatic heterocycles. The van der Waals surface area contributed by atoms with Gasteiger partial charge in [-0.05, 0) is 33.3 Å². The molecule has 1 unspecified atom stereocenters. The molecule has 0 aromatic carbocycles. The maximum absolute atomic E-state index is 5.71. The zero-order valence-electron chi connectivity index (χ0n) is 11.3. The summed E-state index contributed by atoms with van der Waals surface area (Å²) in [6.45, 7) is 8.88. The van der Waals surface area contributed by atoms with E-state index in [1.54, 1.807) is 0 Å². The number of furan rings is 1. The predicted molar refractivity (Wildman–Crippen MR) is 70.0 cm³/mol. The maximum atomic E-state index is 5.71. The fourth-order valence-electron chi connectivity index (χ4n) is 2.28. The highest BCUT2D eigenvalue weighted by Gasteiger charge is 2.22. The van der Waals surface area contributed by atoms with Crippen molar-refractivity contribution in [1.82, 2.24) is 15.2 Å². The molecule has 18 heavy (non-hydrogen) atoms. The first-order chi connectivity index (χ1) is 8.58. The summed E-state index contributed by atoms with van der Waals surface area (Å²) in [5, 5.41) is 4.29. The van der Waals surface area contributed by atoms with Crippen molar-refractivity contribution in [2.24, 2.45) is 5.84 Å². The van der Waals surface area contributed by atoms with E-state index in [4.69, 9.17) is 10.3 Å². The van der Waals surface area contributed by atoms with Gasteiger partial charge in [0.15, 0.2) is 0 Å². The van der Waals surface area contributed by atoms with Gasteiger partial charge in [0.05, 0.1) is 12.2 Å². The number of nitrogens with two attached hydrogens (primary N) is 1. The molecule has 0 saturated carbocycles. The Kier molecular flexibility index (Phi) is 3.54. The Labute approximate surface area is 107 Å². The van der Waals surface area contributed by atoms with Crippen LogP contribution in [0.2, 0.25) is 0 Å². The molecule has 5 heteroatoms. The Balaban J connectivity index is 2.44. The van der Waals surface area contributed by atoms with Gasteiger partial charge in [-0.3, -0.25) is 10.5 Å². The predicted octanol–water partition coefficient (Wildman–Crippen LogP) is 1.97. The van der Waals surface area contributed by atoms with Gasteiger partial charge in [-0.1, -0.05) is 0 Å². The van der Waals surface area contributed by atoms with Gasteiger partial charge in [0, 0.05) is 23.9 Å². The number of aryl methyl sites for hydroxylation is 3. The zero-order valence-corrected chi connectivity index (χ0v) is 11.3. The first kappa shape index (κ1) is 12.9. The molecule has 0 radical (unpaired) electrons. The van der Waals surface area contributed by atoms with E-state index in [2.05, 4.69) is 24.4 Å². The normalized spacial score (nSPS) is 12.9. The van der Waals surface area contributed by atoms with Gasteiger partial charge in [-0.25, -0.2) is 5.43 Å². The van der Waals surface area contributed by atoms with Gasteiger partial charge in [0.25, 0.3) is 0 Å². The van der Waals surface area contributed by atoms with E-state index < -0.39 is 0 Å². The summed E-state index contributed by atoms with van der Waals surface area (Å²) in [5.74, 6) is 7.54. The van der Waals surface area contributed by atoms with E-state index in [9.17, 15) is 0 Å². The lowest BCUT2D eigenvalue weighted by Crippen LogP contribution is -2.29. The van der Waals surface area contributed by atoms with Crippen molar-refractivity contribution in [3.63, 3.8) is 0 Å². The number of hydrogen-bond acceptors (Lipinski definition) is 4. The molecule has 98 valence electrons. The highest BCUT2D eigenvalue weighted by molar-refractivity contribution is 5.39. The number of nitrogens with one attached hydrogen (secondary N) is 1. The van der Waals surface area contributed by atoms with Crippen molar-refractivity contribution in [1.29, 1.82) is 0 Å². The Morgan fingerprint density at radius 1 is 1.39 bits per heavy atom. The lowest BCUT2D eigenvalue weighted by molar-refractivity contribution is 0.494. The molecule has 5 nitrogen and oxygen atoms in total. The van der Waals surface area contributed by atoms with Crippen LogP contribution in [0.25, 0.3) is 0 Å². The van der Waals surface area contributed by atoms with E-state index in [0.29, 0.717) is 0 Å². The van der Waals surface area contributed by atoms with Gasteiger partial charge in [0.1, 0.15) is 11.5 Å². The quantitative estimate of drug-likeness (QED) is 0.641. The fourth-order valence-corrected chi connectivity index (χ4v) is 2.28. The van der Waals surface area contributed by atoms with Crippen molar-refractivity contribution in [3.05, 3.63) is 40.6 Å². The van der Waals surface area contributed by atoms with Crippen LogP contribution in [0.15, 0.2) is 16.8 Å². The summed E-state index contributed by atoms with van der Waals surface area (Å²) in [4.78, 5) is 0. The smallest absolute Gasteiger partial charge is 0.106 e. The third-order valence-electron chi connectivity index (χ3n) is 3.38. The lowest BCUT2D eigenvalue weighted by Gasteiger charge is -2.14. The van der Waals surface area contributed by atoms with Crippen LogP contribution in [0.5, 0.6) is 0 Å². The van der Waals surface area contributed by atoms with Crippen molar-refractivity contribution in [3.8, 4) is 0 Å². The van der Waals surface area contributed by atoms with Crippen molar-refractivity contribution in [2.45, 2.75) is 40.3 Å². The molecule has 0 spiro atoms. The molecular formula is C13H20N4O. The summed E-state index contributed by atoms with van der Waals surface area (Å²) in [6, 6.07) is -0.0808. The van der Waals surface area contributed by atoms with Crippen molar-refractivity contribution in [2.75, 3.05) is 0 Å². The first-order valence-electron chi connectivity index (χ1n) is 6.13. The van der Waals surface area contributed by atoms with Crippen LogP contribution in [-0.4, -0.2) is 9.78 Å². The second-order valence-electron chi connectivity index (χ2n) is 4.48. The molecule has 1 atom stereocenters. The Hall–Kier alpha value is -1.59. The van der Waals surface area contributed by atoms with Crippen LogP contribution >= 0.6 is 0 Å². The minimum Gasteiger partial charge on any atom is -0.466 e. The van der Waals surface area contributed by atoms with Crippen LogP contribution in [0.1, 0.15) is 41.2 Å². The summed E-state index contributed by atoms with van der Waals surface area (Å²) < 4.78 is 7.55. The number of hydrazine groups is 1. The Morgan fingerprint density at radius 3 is 2.56 bits per heavy atom. The highest BCUT2D eigenvalue weighted by Crippen LogP contribution is 2.30. The first-order valence-corrected chi connectivity index (χ1v) is 6.13. The van der Waals surface area contributed by atoms with Crippen molar-refractivity contribution >= 4 is 0 Å². The second-order valence-corrected chi connectivity index (χ2v) is 4.48. The van der Waals surface area contributed by atoms with Crippen LogP contribution in [0, 0.1) is 20.8 Å². The molecule has 0 saturated heterocycles. The number of hydrogen-bond donors (Lipinski definition) is 2. The van der Waals surface area contributed by atoms with Gasteiger partial charge in [0.2, 0.25) is 0 Å². The average molecular weight is 248 g/mol. The van der Waals surface area contributed by atoms with Crippen LogP contribution < -0.4 is 11.3 Å². The van der Waals surface area contributed by atoms with E-state index >= 15 is 0 Å². The van der Waals surface area contributed by atoms with Crippen LogP contribution in [0.4, 0.5) is 0 Å². The van der Waals surface area contributed by atoms with Gasteiger partial charge < -0.3 is 4.42 Å². The highest BCUT2D eigenvalue weighted by atomic mass is 16.3. The molecule has 0 aliphatic rings. The number of rotatable bonds is 4. The Morgan fingerprint density at radius 2 is 2.11 bits per heavy atom. The molecule has 2 aromatic rings.